The maximum Gasteiger partial charge on any atom is 0.318 e. The fourth-order valence-electron chi connectivity index (χ4n) is 0.141. The number of nitrogens with one attached hydrogen (secondary N) is 1. The minimum absolute atomic E-state index is 0.219. The fraction of sp³-hybridized carbons (Fsp3) is 0.500. The van der Waals surface area contributed by atoms with Crippen molar-refractivity contribution < 1.29 is 9.90 Å². The van der Waals surface area contributed by atoms with Crippen LogP contribution in [0.25, 0.3) is 10.4 Å². The normalized spacial score (nSPS) is 8.00. The quantitative estimate of drug-likeness (QED) is 0.200. The molecule has 0 radical (unpaired) electrons. The van der Waals surface area contributed by atoms with Crippen molar-refractivity contribution in [1.29, 1.82) is 0 Å². The highest BCUT2D eigenvalue weighted by molar-refractivity contribution is 7.96. The van der Waals surface area contributed by atoms with E-state index in [0.29, 0.717) is 12.1 Å². The van der Waals surface area contributed by atoms with Crippen LogP contribution >= 0.6 is 12.1 Å². The van der Waals surface area contributed by atoms with Gasteiger partial charge in [0, 0.05) is 17.0 Å². The zero-order valence-corrected chi connectivity index (χ0v) is 5.13. The van der Waals surface area contributed by atoms with E-state index in [2.05, 4.69) is 14.2 Å². The first-order valence-electron chi connectivity index (χ1n) is 1.92. The molecule has 0 aliphatic carbocycles. The number of azide groups is 1. The number of rotatable bonds is 4. The van der Waals surface area contributed by atoms with Gasteiger partial charge in [0.15, 0.2) is 0 Å². The second-order valence-corrected chi connectivity index (χ2v) is 1.61. The van der Waals surface area contributed by atoms with Gasteiger partial charge in [-0.1, -0.05) is 0 Å². The molecule has 0 aliphatic heterocycles. The van der Waals surface area contributed by atoms with Crippen LogP contribution in [-0.4, -0.2) is 17.6 Å². The molecule has 0 rings (SSSR count). The summed E-state index contributed by atoms with van der Waals surface area (Å²) in [4.78, 5) is 12.1. The monoisotopic (exact) mass is 148 g/mol. The van der Waals surface area contributed by atoms with Gasteiger partial charge in [0.1, 0.15) is 6.54 Å². The van der Waals surface area contributed by atoms with Crippen LogP contribution in [0.3, 0.4) is 0 Å². The summed E-state index contributed by atoms with van der Waals surface area (Å²) < 4.78 is 5.25. The van der Waals surface area contributed by atoms with Crippen LogP contribution in [0.15, 0.2) is 4.52 Å². The number of hydrogen-bond acceptors (Lipinski definition) is 4. The topological polar surface area (TPSA) is 98.1 Å². The molecule has 9 heavy (non-hydrogen) atoms. The van der Waals surface area contributed by atoms with Gasteiger partial charge in [-0.15, -0.1) is 0 Å². The molecule has 0 atom stereocenters. The number of aliphatic carboxylic acids is 1. The summed E-state index contributed by atoms with van der Waals surface area (Å²) in [5.74, 6) is -0.990. The predicted molar refractivity (Wildman–Crippen MR) is 32.4 cm³/mol. The summed E-state index contributed by atoms with van der Waals surface area (Å²) in [6.07, 6.45) is 0. The van der Waals surface area contributed by atoms with E-state index >= 15 is 0 Å². The highest BCUT2D eigenvalue weighted by Gasteiger charge is 1.91. The minimum Gasteiger partial charge on any atom is -0.480 e. The molecule has 0 fully saturated rings. The van der Waals surface area contributed by atoms with E-state index in [0.717, 1.165) is 0 Å². The average molecular weight is 148 g/mol. The highest BCUT2D eigenvalue weighted by atomic mass is 32.2. The summed E-state index contributed by atoms with van der Waals surface area (Å²) in [7, 11) is 0. The highest BCUT2D eigenvalue weighted by Crippen LogP contribution is 1.91. The minimum atomic E-state index is -0.990. The van der Waals surface area contributed by atoms with Crippen molar-refractivity contribution in [2.75, 3.05) is 6.54 Å². The van der Waals surface area contributed by atoms with Crippen molar-refractivity contribution in [3.8, 4) is 0 Å². The van der Waals surface area contributed by atoms with Gasteiger partial charge in [-0.3, -0.25) is 4.79 Å². The number of carboxylic acids is 1. The first kappa shape index (κ1) is 8.09. The van der Waals surface area contributed by atoms with Gasteiger partial charge in [-0.25, -0.2) is 4.72 Å². The van der Waals surface area contributed by atoms with Crippen LogP contribution in [-0.2, 0) is 4.79 Å². The number of nitrogens with zero attached hydrogens (tertiary/aromatic N) is 3. The van der Waals surface area contributed by atoms with E-state index in [1.807, 2.05) is 0 Å². The van der Waals surface area contributed by atoms with E-state index < -0.39 is 5.97 Å². The van der Waals surface area contributed by atoms with Crippen molar-refractivity contribution in [3.63, 3.8) is 0 Å². The molecule has 2 N–H and O–H groups in total. The summed E-state index contributed by atoms with van der Waals surface area (Å²) in [5, 5.41) is 8.00. The molecular weight excluding hydrogens is 144 g/mol. The molecule has 0 aromatic rings. The van der Waals surface area contributed by atoms with Crippen LogP contribution in [0.2, 0.25) is 0 Å². The Morgan fingerprint density at radius 2 is 2.67 bits per heavy atom. The van der Waals surface area contributed by atoms with E-state index in [4.69, 9.17) is 10.6 Å². The Hall–Kier alpha value is -0.910. The average Bonchev–Trinajstić information content (AvgIpc) is 1.80. The summed E-state index contributed by atoms with van der Waals surface area (Å²) in [5.41, 5.74) is 7.68. The van der Waals surface area contributed by atoms with E-state index in [-0.39, 0.29) is 6.54 Å². The van der Waals surface area contributed by atoms with Crippen LogP contribution < -0.4 is 4.72 Å². The van der Waals surface area contributed by atoms with Crippen LogP contribution in [0.4, 0.5) is 0 Å². The van der Waals surface area contributed by atoms with Crippen LogP contribution in [0.1, 0.15) is 0 Å². The lowest BCUT2D eigenvalue weighted by atomic mass is 10.7. The second kappa shape index (κ2) is 5.23. The van der Waals surface area contributed by atoms with Gasteiger partial charge >= 0.3 is 5.97 Å². The number of carbonyl (C=O) groups is 1. The third-order valence-electron chi connectivity index (χ3n) is 0.365. The van der Waals surface area contributed by atoms with Gasteiger partial charge < -0.3 is 5.11 Å². The smallest absolute Gasteiger partial charge is 0.318 e. The first-order valence-corrected chi connectivity index (χ1v) is 2.69. The van der Waals surface area contributed by atoms with Crippen molar-refractivity contribution in [1.82, 2.24) is 4.72 Å². The molecule has 6 nitrogen and oxygen atoms in total. The summed E-state index contributed by atoms with van der Waals surface area (Å²) >= 11 is 0.659. The molecule has 0 heterocycles. The van der Waals surface area contributed by atoms with Crippen molar-refractivity contribution in [2.45, 2.75) is 0 Å². The van der Waals surface area contributed by atoms with Crippen molar-refractivity contribution in [3.05, 3.63) is 10.4 Å². The molecule has 0 aromatic carbocycles. The molecule has 7 heteroatoms. The molecule has 0 spiro atoms. The molecule has 50 valence electrons. The lowest BCUT2D eigenvalue weighted by Crippen LogP contribution is -2.14. The second-order valence-electron chi connectivity index (χ2n) is 0.977. The molecule has 0 bridgehead atoms. The van der Waals surface area contributed by atoms with Gasteiger partial charge in [0.05, 0.1) is 0 Å². The first-order chi connectivity index (χ1) is 4.27. The van der Waals surface area contributed by atoms with Gasteiger partial charge in [0.2, 0.25) is 0 Å². The summed E-state index contributed by atoms with van der Waals surface area (Å²) in [6, 6.07) is 0. The predicted octanol–water partition coefficient (Wildman–Crippen LogP) is 0.534. The molecule has 0 unspecified atom stereocenters. The van der Waals surface area contributed by atoms with E-state index in [1.165, 1.54) is 0 Å². The Kier molecular flexibility index (Phi) is 4.70. The number of hydrogen-bond donors (Lipinski definition) is 2. The molecule has 0 saturated carbocycles. The lowest BCUT2D eigenvalue weighted by molar-refractivity contribution is -0.135. The molecule has 0 amide bonds. The van der Waals surface area contributed by atoms with Gasteiger partial charge in [-0.2, -0.15) is 0 Å². The van der Waals surface area contributed by atoms with Crippen LogP contribution in [0.5, 0.6) is 0 Å². The Balaban J connectivity index is 3.10. The van der Waals surface area contributed by atoms with Crippen LogP contribution in [0, 0.1) is 0 Å². The Labute approximate surface area is 55.1 Å². The van der Waals surface area contributed by atoms with Gasteiger partial charge in [0.25, 0.3) is 0 Å². The maximum absolute atomic E-state index is 9.75. The SMILES string of the molecule is [N-]=[N+]=NSNCC(=O)O. The van der Waals surface area contributed by atoms with E-state index in [9.17, 15) is 4.79 Å². The number of carboxylic acid groups (broad SMARTS) is 1. The molecule has 0 aromatic heterocycles. The molecule has 0 saturated heterocycles. The Morgan fingerprint density at radius 1 is 2.00 bits per heavy atom. The fourth-order valence-corrected chi connectivity index (χ4v) is 0.423. The van der Waals surface area contributed by atoms with Gasteiger partial charge in [-0.05, 0) is 10.1 Å². The zero-order valence-electron chi connectivity index (χ0n) is 4.31. The Bertz CT molecular complexity index is 140. The molecule has 0 aliphatic rings. The van der Waals surface area contributed by atoms with Crippen molar-refractivity contribution in [2.24, 2.45) is 4.52 Å². The third kappa shape index (κ3) is 7.09. The maximum atomic E-state index is 9.75. The summed E-state index contributed by atoms with van der Waals surface area (Å²) in [6.45, 7) is -0.219. The lowest BCUT2D eigenvalue weighted by Gasteiger charge is -1.89. The largest absolute Gasteiger partial charge is 0.480 e. The Morgan fingerprint density at radius 3 is 3.11 bits per heavy atom. The third-order valence-corrected chi connectivity index (χ3v) is 0.793. The standard InChI is InChI=1S/C2H4N4O2S/c3-5-6-9-4-1-2(7)8/h4H,1H2,(H,7,8). The molecular formula is C2H4N4O2S. The zero-order chi connectivity index (χ0) is 7.11. The van der Waals surface area contributed by atoms with Crippen molar-refractivity contribution >= 4 is 18.1 Å². The van der Waals surface area contributed by atoms with E-state index in [1.54, 1.807) is 0 Å².